The second-order valence-electron chi connectivity index (χ2n) is 5.31. The van der Waals surface area contributed by atoms with E-state index >= 15 is 0 Å². The number of aromatic nitrogens is 2. The van der Waals surface area contributed by atoms with Crippen molar-refractivity contribution < 1.29 is 13.5 Å². The molecule has 0 bridgehead atoms. The minimum Gasteiger partial charge on any atom is -0.351 e. The third-order valence-corrected chi connectivity index (χ3v) is 4.50. The molecule has 21 heavy (non-hydrogen) atoms. The van der Waals surface area contributed by atoms with E-state index in [1.54, 1.807) is 4.90 Å². The molecule has 0 spiro atoms. The van der Waals surface area contributed by atoms with Gasteiger partial charge in [-0.2, -0.15) is 9.19 Å². The van der Waals surface area contributed by atoms with Gasteiger partial charge in [0.05, 0.1) is 0 Å². The van der Waals surface area contributed by atoms with Crippen LogP contribution in [0.4, 0.5) is 3.89 Å². The largest absolute Gasteiger partial charge is 0.351 e. The maximum absolute atomic E-state index is 12.8. The summed E-state index contributed by atoms with van der Waals surface area (Å²) in [6, 6.07) is 1.48. The smallest absolute Gasteiger partial charge is 0.273 e. The summed E-state index contributed by atoms with van der Waals surface area (Å²) in [7, 11) is 0. The lowest BCUT2D eigenvalue weighted by molar-refractivity contribution is -0.122. The Balaban J connectivity index is 1.62. The van der Waals surface area contributed by atoms with Crippen LogP contribution in [0.25, 0.3) is 0 Å². The third kappa shape index (κ3) is 3.23. The molecule has 3 rings (SSSR count). The van der Waals surface area contributed by atoms with Gasteiger partial charge in [0, 0.05) is 31.1 Å². The number of nitrogens with zero attached hydrogens (tertiary/aromatic N) is 3. The van der Waals surface area contributed by atoms with E-state index in [9.17, 15) is 13.5 Å². The Hall–Kier alpha value is -1.09. The average molecular weight is 377 g/mol. The summed E-state index contributed by atoms with van der Waals surface area (Å²) in [4.78, 5) is 25.7. The Morgan fingerprint density at radius 3 is 2.86 bits per heavy atom. The highest BCUT2D eigenvalue weighted by Gasteiger charge is 2.34. The van der Waals surface area contributed by atoms with Crippen molar-refractivity contribution in [2.75, 3.05) is 13.1 Å². The van der Waals surface area contributed by atoms with E-state index in [2.05, 4.69) is 26.3 Å². The Labute approximate surface area is 134 Å². The van der Waals surface area contributed by atoms with Gasteiger partial charge in [-0.15, -0.1) is 3.89 Å². The first-order valence-electron chi connectivity index (χ1n) is 6.73. The van der Waals surface area contributed by atoms with Crippen LogP contribution in [0.1, 0.15) is 29.8 Å². The van der Waals surface area contributed by atoms with Gasteiger partial charge in [0.15, 0.2) is 12.3 Å². The molecule has 0 radical (unpaired) electrons. The highest BCUT2D eigenvalue weighted by atomic mass is 79.9. The van der Waals surface area contributed by atoms with Crippen LogP contribution >= 0.6 is 28.3 Å². The molecule has 1 aromatic rings. The van der Waals surface area contributed by atoms with Crippen molar-refractivity contribution in [3.63, 3.8) is 0 Å². The van der Waals surface area contributed by atoms with Gasteiger partial charge in [-0.25, -0.2) is 0 Å². The van der Waals surface area contributed by atoms with E-state index in [0.717, 1.165) is 23.3 Å². The maximum Gasteiger partial charge on any atom is 0.273 e. The monoisotopic (exact) mass is 376 g/mol. The van der Waals surface area contributed by atoms with E-state index in [1.807, 2.05) is 0 Å². The summed E-state index contributed by atoms with van der Waals surface area (Å²) in [6.45, 7) is 1.01. The summed E-state index contributed by atoms with van der Waals surface area (Å²) >= 11 is 3.01. The molecule has 1 atom stereocenters. The molecule has 2 aliphatic rings. The summed E-state index contributed by atoms with van der Waals surface area (Å²) in [5.74, 6) is -0.0296. The number of halogens is 2. The van der Waals surface area contributed by atoms with Crippen LogP contribution in [-0.4, -0.2) is 45.0 Å². The Morgan fingerprint density at radius 1 is 1.43 bits per heavy atom. The van der Waals surface area contributed by atoms with Gasteiger partial charge >= 0.3 is 0 Å². The highest BCUT2D eigenvalue weighted by molar-refractivity contribution is 9.10. The predicted octanol–water partition coefficient (Wildman–Crippen LogP) is 1.77. The van der Waals surface area contributed by atoms with Crippen LogP contribution in [0.15, 0.2) is 10.7 Å². The molecular weight excluding hydrogens is 363 g/mol. The van der Waals surface area contributed by atoms with Crippen molar-refractivity contribution in [1.82, 2.24) is 19.4 Å². The number of hydrogen-bond acceptors (Lipinski definition) is 4. The molecule has 2 amide bonds. The Bertz CT molecular complexity index is 578. The van der Waals surface area contributed by atoms with E-state index in [4.69, 9.17) is 0 Å². The number of carbonyl (C=O) groups is 2. The molecule has 1 aromatic heterocycles. The Kier molecular flexibility index (Phi) is 4.21. The van der Waals surface area contributed by atoms with E-state index in [-0.39, 0.29) is 41.8 Å². The van der Waals surface area contributed by atoms with Crippen LogP contribution < -0.4 is 5.32 Å². The predicted molar refractivity (Wildman–Crippen MR) is 79.2 cm³/mol. The van der Waals surface area contributed by atoms with Crippen LogP contribution in [0, 0.1) is 5.92 Å². The zero-order valence-electron chi connectivity index (χ0n) is 11.1. The normalized spacial score (nSPS) is 21.6. The van der Waals surface area contributed by atoms with Crippen molar-refractivity contribution in [2.45, 2.75) is 25.3 Å². The first-order valence-corrected chi connectivity index (χ1v) is 8.19. The van der Waals surface area contributed by atoms with Crippen molar-refractivity contribution in [3.8, 4) is 0 Å². The molecule has 6 nitrogen and oxygen atoms in total. The molecule has 1 saturated heterocycles. The van der Waals surface area contributed by atoms with E-state index in [0.29, 0.717) is 17.7 Å². The molecule has 1 unspecified atom stereocenters. The molecule has 1 aliphatic heterocycles. The van der Waals surface area contributed by atoms with Crippen molar-refractivity contribution >= 4 is 40.1 Å². The van der Waals surface area contributed by atoms with Crippen LogP contribution in [0.2, 0.25) is 0 Å². The molecule has 1 saturated carbocycles. The highest BCUT2D eigenvalue weighted by Crippen LogP contribution is 2.29. The molecule has 1 aliphatic carbocycles. The lowest BCUT2D eigenvalue weighted by Gasteiger charge is -2.16. The topological polar surface area (TPSA) is 67.2 Å². The lowest BCUT2D eigenvalue weighted by Crippen LogP contribution is -2.39. The fourth-order valence-corrected chi connectivity index (χ4v) is 3.23. The Morgan fingerprint density at radius 2 is 2.19 bits per heavy atom. The number of carbonyl (C=O) groups excluding carboxylic acids is 2. The van der Waals surface area contributed by atoms with Crippen molar-refractivity contribution in [1.29, 1.82) is 0 Å². The fraction of sp³-hybridized carbons (Fsp3) is 0.583. The zero-order valence-corrected chi connectivity index (χ0v) is 13.5. The van der Waals surface area contributed by atoms with Gasteiger partial charge in [-0.1, -0.05) is 0 Å². The quantitative estimate of drug-likeness (QED) is 0.869. The standard InChI is InChI=1S/C12H14BrFN4O2S/c13-10-5-9(18(16-10)21-14)12(20)17-4-3-8(6-17)15-11(19)7-1-2-7/h5,7-8H,1-4,6H2,(H,15,19). The summed E-state index contributed by atoms with van der Waals surface area (Å²) < 4.78 is 14.1. The van der Waals surface area contributed by atoms with E-state index in [1.165, 1.54) is 6.07 Å². The molecule has 0 aromatic carbocycles. The molecular formula is C12H14BrFN4O2S. The third-order valence-electron chi connectivity index (χ3n) is 3.70. The van der Waals surface area contributed by atoms with Gasteiger partial charge in [0.25, 0.3) is 5.91 Å². The summed E-state index contributed by atoms with van der Waals surface area (Å²) in [5, 5.41) is 6.79. The second kappa shape index (κ2) is 5.96. The minimum atomic E-state index is -0.276. The zero-order chi connectivity index (χ0) is 15.0. The first kappa shape index (κ1) is 14.8. The molecule has 9 heteroatoms. The first-order chi connectivity index (χ1) is 10.1. The fourth-order valence-electron chi connectivity index (χ4n) is 2.42. The molecule has 114 valence electrons. The van der Waals surface area contributed by atoms with E-state index < -0.39 is 0 Å². The van der Waals surface area contributed by atoms with Gasteiger partial charge < -0.3 is 10.2 Å². The van der Waals surface area contributed by atoms with Gasteiger partial charge in [0.2, 0.25) is 5.91 Å². The average Bonchev–Trinajstić information content (AvgIpc) is 3.11. The van der Waals surface area contributed by atoms with Crippen LogP contribution in [-0.2, 0) is 4.79 Å². The van der Waals surface area contributed by atoms with Gasteiger partial charge in [-0.05, 0) is 35.2 Å². The van der Waals surface area contributed by atoms with Gasteiger partial charge in [-0.3, -0.25) is 9.59 Å². The molecule has 2 fully saturated rings. The number of hydrogen-bond donors (Lipinski definition) is 1. The lowest BCUT2D eigenvalue weighted by atomic mass is 10.2. The maximum atomic E-state index is 12.8. The van der Waals surface area contributed by atoms with Gasteiger partial charge in [0.1, 0.15) is 10.3 Å². The van der Waals surface area contributed by atoms with Crippen LogP contribution in [0.5, 0.6) is 0 Å². The SMILES string of the molecule is O=C(NC1CCN(C(=O)c2cc(Br)nn2SF)C1)C1CC1. The second-order valence-corrected chi connectivity index (χ2v) is 6.61. The molecule has 2 heterocycles. The molecule has 1 N–H and O–H groups in total. The number of nitrogens with one attached hydrogen (secondary N) is 1. The minimum absolute atomic E-state index is 0.0140. The number of amides is 2. The summed E-state index contributed by atoms with van der Waals surface area (Å²) in [5.41, 5.74) is 0.184. The van der Waals surface area contributed by atoms with Crippen LogP contribution in [0.3, 0.4) is 0 Å². The van der Waals surface area contributed by atoms with Crippen molar-refractivity contribution in [2.24, 2.45) is 5.92 Å². The number of likely N-dealkylation sites (tertiary alicyclic amines) is 1. The summed E-state index contributed by atoms with van der Waals surface area (Å²) in [6.07, 6.45) is 2.65. The van der Waals surface area contributed by atoms with Crippen molar-refractivity contribution in [3.05, 3.63) is 16.4 Å². The number of rotatable bonds is 4.